The second kappa shape index (κ2) is 5.18. The largest absolute Gasteiger partial charge is 0.420 e. The van der Waals surface area contributed by atoms with E-state index < -0.39 is 5.76 Å². The number of aryl methyl sites for hydroxylation is 2. The maximum Gasteiger partial charge on any atom is 0.420 e. The molecule has 3 rings (SSSR count). The van der Waals surface area contributed by atoms with E-state index in [1.165, 1.54) is 4.57 Å². The highest BCUT2D eigenvalue weighted by Crippen LogP contribution is 2.18. The summed E-state index contributed by atoms with van der Waals surface area (Å²) in [7, 11) is 1.81. The molecule has 7 nitrogen and oxygen atoms in total. The van der Waals surface area contributed by atoms with Crippen molar-refractivity contribution in [2.24, 2.45) is 7.05 Å². The van der Waals surface area contributed by atoms with Crippen molar-refractivity contribution in [3.8, 4) is 0 Å². The van der Waals surface area contributed by atoms with Gasteiger partial charge in [0.2, 0.25) is 5.91 Å². The number of rotatable bonds is 3. The third-order valence-electron chi connectivity index (χ3n) is 3.65. The predicted molar refractivity (Wildman–Crippen MR) is 81.8 cm³/mol. The van der Waals surface area contributed by atoms with Crippen LogP contribution in [0.4, 0.5) is 5.69 Å². The molecule has 0 unspecified atom stereocenters. The van der Waals surface area contributed by atoms with Gasteiger partial charge in [0.25, 0.3) is 0 Å². The van der Waals surface area contributed by atoms with E-state index in [1.807, 2.05) is 20.9 Å². The summed E-state index contributed by atoms with van der Waals surface area (Å²) in [5, 5.41) is 7.05. The van der Waals surface area contributed by atoms with Gasteiger partial charge in [-0.15, -0.1) is 0 Å². The van der Waals surface area contributed by atoms with Crippen LogP contribution in [0.25, 0.3) is 11.1 Å². The summed E-state index contributed by atoms with van der Waals surface area (Å²) in [4.78, 5) is 24.1. The van der Waals surface area contributed by atoms with E-state index in [0.717, 1.165) is 11.4 Å². The Labute approximate surface area is 126 Å². The molecule has 0 radical (unpaired) electrons. The van der Waals surface area contributed by atoms with Crippen molar-refractivity contribution in [2.75, 3.05) is 5.32 Å². The summed E-state index contributed by atoms with van der Waals surface area (Å²) in [6, 6.07) is 7.01. The molecule has 0 atom stereocenters. The van der Waals surface area contributed by atoms with E-state index in [4.69, 9.17) is 4.42 Å². The molecule has 0 spiro atoms. The van der Waals surface area contributed by atoms with Crippen molar-refractivity contribution in [2.45, 2.75) is 20.4 Å². The molecule has 1 aromatic carbocycles. The Hall–Kier alpha value is -2.83. The van der Waals surface area contributed by atoms with Gasteiger partial charge in [-0.2, -0.15) is 5.10 Å². The molecule has 2 aromatic heterocycles. The van der Waals surface area contributed by atoms with E-state index in [9.17, 15) is 9.59 Å². The van der Waals surface area contributed by atoms with Crippen molar-refractivity contribution < 1.29 is 9.21 Å². The Morgan fingerprint density at radius 3 is 2.73 bits per heavy atom. The van der Waals surface area contributed by atoms with Gasteiger partial charge in [-0.1, -0.05) is 12.1 Å². The van der Waals surface area contributed by atoms with Gasteiger partial charge in [0.05, 0.1) is 22.6 Å². The van der Waals surface area contributed by atoms with Gasteiger partial charge < -0.3 is 9.73 Å². The van der Waals surface area contributed by atoms with Crippen LogP contribution in [-0.4, -0.2) is 20.3 Å². The molecule has 0 saturated carbocycles. The Bertz CT molecular complexity index is 917. The smallest absolute Gasteiger partial charge is 0.408 e. The fraction of sp³-hybridized carbons (Fsp3) is 0.267. The molecular weight excluding hydrogens is 284 g/mol. The third-order valence-corrected chi connectivity index (χ3v) is 3.65. The third kappa shape index (κ3) is 2.30. The topological polar surface area (TPSA) is 82.1 Å². The molecule has 0 fully saturated rings. The minimum atomic E-state index is -0.545. The lowest BCUT2D eigenvalue weighted by molar-refractivity contribution is -0.116. The average molecular weight is 300 g/mol. The van der Waals surface area contributed by atoms with Gasteiger partial charge in [0.15, 0.2) is 5.58 Å². The molecule has 3 aromatic rings. The van der Waals surface area contributed by atoms with Crippen molar-refractivity contribution >= 4 is 22.7 Å². The minimum Gasteiger partial charge on any atom is -0.408 e. The zero-order chi connectivity index (χ0) is 15.9. The second-order valence-electron chi connectivity index (χ2n) is 5.14. The van der Waals surface area contributed by atoms with Gasteiger partial charge >= 0.3 is 5.76 Å². The lowest BCUT2D eigenvalue weighted by atomic mass is 10.3. The lowest BCUT2D eigenvalue weighted by Gasteiger charge is -2.06. The van der Waals surface area contributed by atoms with Crippen LogP contribution >= 0.6 is 0 Å². The molecule has 0 bridgehead atoms. The molecule has 0 aliphatic heterocycles. The molecule has 114 valence electrons. The maximum atomic E-state index is 12.2. The number of para-hydroxylation sites is 2. The summed E-state index contributed by atoms with van der Waals surface area (Å²) < 4.78 is 8.12. The highest BCUT2D eigenvalue weighted by atomic mass is 16.4. The summed E-state index contributed by atoms with van der Waals surface area (Å²) in [5.74, 6) is -0.844. The van der Waals surface area contributed by atoms with Crippen molar-refractivity contribution in [3.63, 3.8) is 0 Å². The first kappa shape index (κ1) is 14.1. The number of amides is 1. The number of carbonyl (C=O) groups is 1. The van der Waals surface area contributed by atoms with E-state index in [2.05, 4.69) is 10.4 Å². The standard InChI is InChI=1S/C15H16N4O3/c1-9-14(10(2)18(3)17-9)16-13(20)8-19-11-6-4-5-7-12(11)22-15(19)21/h4-7H,8H2,1-3H3,(H,16,20). The Morgan fingerprint density at radius 2 is 2.05 bits per heavy atom. The van der Waals surface area contributed by atoms with E-state index in [0.29, 0.717) is 16.8 Å². The van der Waals surface area contributed by atoms with Gasteiger partial charge in [-0.3, -0.25) is 14.0 Å². The Kier molecular flexibility index (Phi) is 3.32. The van der Waals surface area contributed by atoms with Gasteiger partial charge in [-0.05, 0) is 26.0 Å². The second-order valence-corrected chi connectivity index (χ2v) is 5.14. The number of hydrogen-bond acceptors (Lipinski definition) is 4. The quantitative estimate of drug-likeness (QED) is 0.796. The molecule has 2 heterocycles. The summed E-state index contributed by atoms with van der Waals surface area (Å²) >= 11 is 0. The van der Waals surface area contributed by atoms with Gasteiger partial charge in [0, 0.05) is 7.05 Å². The molecule has 1 N–H and O–H groups in total. The number of oxazole rings is 1. The number of anilines is 1. The molecule has 0 aliphatic carbocycles. The van der Waals surface area contributed by atoms with Gasteiger partial charge in [0.1, 0.15) is 6.54 Å². The first-order valence-corrected chi connectivity index (χ1v) is 6.86. The Balaban J connectivity index is 1.88. The van der Waals surface area contributed by atoms with E-state index >= 15 is 0 Å². The van der Waals surface area contributed by atoms with E-state index in [1.54, 1.807) is 28.9 Å². The van der Waals surface area contributed by atoms with Crippen LogP contribution in [0.3, 0.4) is 0 Å². The van der Waals surface area contributed by atoms with Crippen molar-refractivity contribution in [3.05, 3.63) is 46.2 Å². The fourth-order valence-electron chi connectivity index (χ4n) is 2.44. The number of benzene rings is 1. The average Bonchev–Trinajstić information content (AvgIpc) is 2.91. The van der Waals surface area contributed by atoms with Crippen LogP contribution < -0.4 is 11.1 Å². The van der Waals surface area contributed by atoms with Crippen LogP contribution in [0.2, 0.25) is 0 Å². The molecule has 0 aliphatic rings. The summed E-state index contributed by atoms with van der Waals surface area (Å²) in [6.45, 7) is 3.58. The highest BCUT2D eigenvalue weighted by molar-refractivity contribution is 5.92. The van der Waals surface area contributed by atoms with Crippen LogP contribution in [0.15, 0.2) is 33.5 Å². The number of aromatic nitrogens is 3. The van der Waals surface area contributed by atoms with Gasteiger partial charge in [-0.25, -0.2) is 4.79 Å². The molecule has 22 heavy (non-hydrogen) atoms. The van der Waals surface area contributed by atoms with E-state index in [-0.39, 0.29) is 12.5 Å². The minimum absolute atomic E-state index is 0.108. The van der Waals surface area contributed by atoms with Crippen LogP contribution in [-0.2, 0) is 18.4 Å². The number of carbonyl (C=O) groups excluding carboxylic acids is 1. The Morgan fingerprint density at radius 1 is 1.32 bits per heavy atom. The number of nitrogens with one attached hydrogen (secondary N) is 1. The first-order valence-electron chi connectivity index (χ1n) is 6.86. The van der Waals surface area contributed by atoms with Crippen molar-refractivity contribution in [1.29, 1.82) is 0 Å². The number of hydrogen-bond donors (Lipinski definition) is 1. The maximum absolute atomic E-state index is 12.2. The fourth-order valence-corrected chi connectivity index (χ4v) is 2.44. The molecule has 1 amide bonds. The lowest BCUT2D eigenvalue weighted by Crippen LogP contribution is -2.25. The zero-order valence-corrected chi connectivity index (χ0v) is 12.6. The van der Waals surface area contributed by atoms with Crippen LogP contribution in [0.5, 0.6) is 0 Å². The van der Waals surface area contributed by atoms with Crippen LogP contribution in [0.1, 0.15) is 11.4 Å². The predicted octanol–water partition coefficient (Wildman–Crippen LogP) is 1.58. The SMILES string of the molecule is Cc1nn(C)c(C)c1NC(=O)Cn1c(=O)oc2ccccc21. The number of fused-ring (bicyclic) bond motifs is 1. The zero-order valence-electron chi connectivity index (χ0n) is 12.6. The molecule has 7 heteroatoms. The van der Waals surface area contributed by atoms with Crippen molar-refractivity contribution in [1.82, 2.24) is 14.3 Å². The highest BCUT2D eigenvalue weighted by Gasteiger charge is 2.15. The summed E-state index contributed by atoms with van der Waals surface area (Å²) in [6.07, 6.45) is 0. The monoisotopic (exact) mass is 300 g/mol. The molecular formula is C15H16N4O3. The first-order chi connectivity index (χ1) is 10.5. The number of nitrogens with zero attached hydrogens (tertiary/aromatic N) is 3. The normalized spacial score (nSPS) is 11.0. The molecule has 0 saturated heterocycles. The summed E-state index contributed by atoms with van der Waals surface area (Å²) in [5.41, 5.74) is 3.33. The van der Waals surface area contributed by atoms with Crippen LogP contribution in [0, 0.1) is 13.8 Å².